The molecule has 17 heavy (non-hydrogen) atoms. The Bertz CT molecular complexity index is 397. The standard InChI is InChI=1S/C11H15N3O3/c1-7-5-14(6-8(2)17-7)11-12-3-9(4-13-11)10(15)16/h3-4,7-8H,5-6H2,1-2H3,(H,15,16). The van der Waals surface area contributed by atoms with Crippen LogP contribution in [-0.4, -0.2) is 46.3 Å². The maximum atomic E-state index is 10.7. The van der Waals surface area contributed by atoms with Gasteiger partial charge in [-0.05, 0) is 13.8 Å². The minimum Gasteiger partial charge on any atom is -0.478 e. The van der Waals surface area contributed by atoms with Gasteiger partial charge in [0.25, 0.3) is 0 Å². The predicted octanol–water partition coefficient (Wildman–Crippen LogP) is 0.788. The summed E-state index contributed by atoms with van der Waals surface area (Å²) >= 11 is 0. The summed E-state index contributed by atoms with van der Waals surface area (Å²) in [5.74, 6) is -0.461. The number of ether oxygens (including phenoxy) is 1. The van der Waals surface area contributed by atoms with Gasteiger partial charge in [0.2, 0.25) is 5.95 Å². The molecule has 1 aliphatic rings. The second-order valence-corrected chi connectivity index (χ2v) is 4.24. The maximum Gasteiger partial charge on any atom is 0.338 e. The number of hydrogen-bond donors (Lipinski definition) is 1. The summed E-state index contributed by atoms with van der Waals surface area (Å²) in [5, 5.41) is 8.76. The molecule has 1 aliphatic heterocycles. The predicted molar refractivity (Wildman–Crippen MR) is 61.2 cm³/mol. The number of carboxylic acid groups (broad SMARTS) is 1. The first-order valence-electron chi connectivity index (χ1n) is 5.52. The quantitative estimate of drug-likeness (QED) is 0.819. The fraction of sp³-hybridized carbons (Fsp3) is 0.545. The molecule has 92 valence electrons. The van der Waals surface area contributed by atoms with E-state index in [0.29, 0.717) is 5.95 Å². The van der Waals surface area contributed by atoms with Crippen molar-refractivity contribution in [1.29, 1.82) is 0 Å². The topological polar surface area (TPSA) is 75.6 Å². The van der Waals surface area contributed by atoms with Crippen molar-refractivity contribution in [3.8, 4) is 0 Å². The van der Waals surface area contributed by atoms with Crippen LogP contribution in [0.1, 0.15) is 24.2 Å². The van der Waals surface area contributed by atoms with Crippen molar-refractivity contribution in [3.05, 3.63) is 18.0 Å². The van der Waals surface area contributed by atoms with E-state index in [4.69, 9.17) is 9.84 Å². The Hall–Kier alpha value is -1.69. The van der Waals surface area contributed by atoms with E-state index < -0.39 is 5.97 Å². The average Bonchev–Trinajstić information content (AvgIpc) is 2.28. The largest absolute Gasteiger partial charge is 0.478 e. The molecule has 0 saturated carbocycles. The van der Waals surface area contributed by atoms with E-state index in [1.165, 1.54) is 12.4 Å². The molecule has 2 rings (SSSR count). The number of anilines is 1. The molecule has 2 unspecified atom stereocenters. The number of hydrogen-bond acceptors (Lipinski definition) is 5. The minimum atomic E-state index is -1.01. The second-order valence-electron chi connectivity index (χ2n) is 4.24. The molecule has 6 heteroatoms. The van der Waals surface area contributed by atoms with E-state index in [-0.39, 0.29) is 17.8 Å². The number of carbonyl (C=O) groups is 1. The highest BCUT2D eigenvalue weighted by Crippen LogP contribution is 2.15. The van der Waals surface area contributed by atoms with Gasteiger partial charge in [0.15, 0.2) is 0 Å². The van der Waals surface area contributed by atoms with Gasteiger partial charge in [0, 0.05) is 25.5 Å². The molecule has 1 aromatic rings. The third-order valence-corrected chi connectivity index (χ3v) is 2.59. The molecule has 0 amide bonds. The van der Waals surface area contributed by atoms with Crippen LogP contribution in [0.15, 0.2) is 12.4 Å². The van der Waals surface area contributed by atoms with Crippen LogP contribution in [0.25, 0.3) is 0 Å². The monoisotopic (exact) mass is 237 g/mol. The van der Waals surface area contributed by atoms with Gasteiger partial charge in [-0.3, -0.25) is 0 Å². The summed E-state index contributed by atoms with van der Waals surface area (Å²) in [7, 11) is 0. The van der Waals surface area contributed by atoms with Crippen LogP contribution in [-0.2, 0) is 4.74 Å². The van der Waals surface area contributed by atoms with Crippen LogP contribution >= 0.6 is 0 Å². The molecule has 0 bridgehead atoms. The van der Waals surface area contributed by atoms with Crippen molar-refractivity contribution >= 4 is 11.9 Å². The number of aromatic carboxylic acids is 1. The molecule has 6 nitrogen and oxygen atoms in total. The van der Waals surface area contributed by atoms with E-state index in [2.05, 4.69) is 9.97 Å². The van der Waals surface area contributed by atoms with Crippen molar-refractivity contribution in [2.24, 2.45) is 0 Å². The van der Waals surface area contributed by atoms with Crippen LogP contribution in [0.2, 0.25) is 0 Å². The molecule has 1 N–H and O–H groups in total. The van der Waals surface area contributed by atoms with Crippen LogP contribution in [0.5, 0.6) is 0 Å². The van der Waals surface area contributed by atoms with Gasteiger partial charge in [-0.1, -0.05) is 0 Å². The fourth-order valence-electron chi connectivity index (χ4n) is 1.94. The number of nitrogens with zero attached hydrogens (tertiary/aromatic N) is 3. The molecule has 1 fully saturated rings. The summed E-state index contributed by atoms with van der Waals surface area (Å²) < 4.78 is 5.61. The first-order valence-corrected chi connectivity index (χ1v) is 5.52. The number of rotatable bonds is 2. The molecule has 1 saturated heterocycles. The zero-order chi connectivity index (χ0) is 12.4. The number of aromatic nitrogens is 2. The lowest BCUT2D eigenvalue weighted by atomic mass is 10.2. The summed E-state index contributed by atoms with van der Waals surface area (Å²) in [6, 6.07) is 0. The second kappa shape index (κ2) is 4.67. The van der Waals surface area contributed by atoms with E-state index in [0.717, 1.165) is 13.1 Å². The van der Waals surface area contributed by atoms with Crippen LogP contribution < -0.4 is 4.90 Å². The number of carboxylic acids is 1. The molecule has 2 atom stereocenters. The Balaban J connectivity index is 2.14. The zero-order valence-corrected chi connectivity index (χ0v) is 9.83. The third kappa shape index (κ3) is 2.71. The molecule has 0 radical (unpaired) electrons. The zero-order valence-electron chi connectivity index (χ0n) is 9.83. The lowest BCUT2D eigenvalue weighted by Crippen LogP contribution is -2.46. The summed E-state index contributed by atoms with van der Waals surface area (Å²) in [6.07, 6.45) is 2.91. The molecule has 0 spiro atoms. The highest BCUT2D eigenvalue weighted by molar-refractivity contribution is 5.86. The first-order chi connectivity index (χ1) is 8.06. The Morgan fingerprint density at radius 2 is 1.88 bits per heavy atom. The van der Waals surface area contributed by atoms with Crippen LogP contribution in [0.3, 0.4) is 0 Å². The lowest BCUT2D eigenvalue weighted by Gasteiger charge is -2.35. The highest BCUT2D eigenvalue weighted by Gasteiger charge is 2.23. The smallest absolute Gasteiger partial charge is 0.338 e. The summed E-state index contributed by atoms with van der Waals surface area (Å²) in [4.78, 5) is 20.8. The Morgan fingerprint density at radius 3 is 2.35 bits per heavy atom. The molecule has 0 aromatic carbocycles. The van der Waals surface area contributed by atoms with E-state index in [1.807, 2.05) is 18.7 Å². The third-order valence-electron chi connectivity index (χ3n) is 2.59. The van der Waals surface area contributed by atoms with Gasteiger partial charge < -0.3 is 14.7 Å². The fourth-order valence-corrected chi connectivity index (χ4v) is 1.94. The van der Waals surface area contributed by atoms with E-state index >= 15 is 0 Å². The Kier molecular flexibility index (Phi) is 3.23. The van der Waals surface area contributed by atoms with Gasteiger partial charge in [0.05, 0.1) is 17.8 Å². The molecular weight excluding hydrogens is 222 g/mol. The normalized spacial score (nSPS) is 24.7. The molecule has 1 aromatic heterocycles. The van der Waals surface area contributed by atoms with Crippen molar-refractivity contribution in [2.45, 2.75) is 26.1 Å². The van der Waals surface area contributed by atoms with Crippen molar-refractivity contribution in [2.75, 3.05) is 18.0 Å². The number of morpholine rings is 1. The van der Waals surface area contributed by atoms with Crippen molar-refractivity contribution in [3.63, 3.8) is 0 Å². The van der Waals surface area contributed by atoms with Gasteiger partial charge >= 0.3 is 5.97 Å². The van der Waals surface area contributed by atoms with Crippen molar-refractivity contribution in [1.82, 2.24) is 9.97 Å². The average molecular weight is 237 g/mol. The Labute approximate surface area is 99.2 Å². The SMILES string of the molecule is CC1CN(c2ncc(C(=O)O)cn2)CC(C)O1. The first kappa shape index (κ1) is 11.8. The minimum absolute atomic E-state index is 0.100. The van der Waals surface area contributed by atoms with Gasteiger partial charge in [-0.2, -0.15) is 0 Å². The summed E-state index contributed by atoms with van der Waals surface area (Å²) in [6.45, 7) is 5.43. The molecule has 2 heterocycles. The summed E-state index contributed by atoms with van der Waals surface area (Å²) in [5.41, 5.74) is 0.100. The highest BCUT2D eigenvalue weighted by atomic mass is 16.5. The molecule has 0 aliphatic carbocycles. The maximum absolute atomic E-state index is 10.7. The molecular formula is C11H15N3O3. The van der Waals surface area contributed by atoms with Crippen LogP contribution in [0, 0.1) is 0 Å². The van der Waals surface area contributed by atoms with Gasteiger partial charge in [-0.15, -0.1) is 0 Å². The lowest BCUT2D eigenvalue weighted by molar-refractivity contribution is -0.00573. The Morgan fingerprint density at radius 1 is 1.35 bits per heavy atom. The van der Waals surface area contributed by atoms with Gasteiger partial charge in [0.1, 0.15) is 0 Å². The van der Waals surface area contributed by atoms with E-state index in [1.54, 1.807) is 0 Å². The van der Waals surface area contributed by atoms with Crippen LogP contribution in [0.4, 0.5) is 5.95 Å². The van der Waals surface area contributed by atoms with Crippen molar-refractivity contribution < 1.29 is 14.6 Å². The van der Waals surface area contributed by atoms with E-state index in [9.17, 15) is 4.79 Å². The van der Waals surface area contributed by atoms with Gasteiger partial charge in [-0.25, -0.2) is 14.8 Å².